The van der Waals surface area contributed by atoms with Gasteiger partial charge in [-0.15, -0.1) is 6.58 Å². The fraction of sp³-hybridized carbons (Fsp3) is 0.417. The van der Waals surface area contributed by atoms with Crippen LogP contribution in [0.25, 0.3) is 0 Å². The zero-order valence-electron chi connectivity index (χ0n) is 16.7. The summed E-state index contributed by atoms with van der Waals surface area (Å²) in [5, 5.41) is 0. The molecule has 0 spiro atoms. The van der Waals surface area contributed by atoms with Gasteiger partial charge in [0.25, 0.3) is 0 Å². The van der Waals surface area contributed by atoms with E-state index in [0.29, 0.717) is 13.2 Å². The van der Waals surface area contributed by atoms with Crippen molar-refractivity contribution in [3.05, 3.63) is 78.4 Å². The van der Waals surface area contributed by atoms with Gasteiger partial charge in [0.1, 0.15) is 5.75 Å². The summed E-state index contributed by atoms with van der Waals surface area (Å²) in [6.45, 7) is 5.80. The van der Waals surface area contributed by atoms with Gasteiger partial charge in [0.05, 0.1) is 45.2 Å². The van der Waals surface area contributed by atoms with Gasteiger partial charge in [-0.3, -0.25) is 0 Å². The van der Waals surface area contributed by atoms with Gasteiger partial charge in [-0.05, 0) is 17.7 Å². The summed E-state index contributed by atoms with van der Waals surface area (Å²) in [7, 11) is 1.66. The smallest absolute Gasteiger partial charge is 0.184 e. The molecule has 4 rings (SSSR count). The van der Waals surface area contributed by atoms with Crippen molar-refractivity contribution in [2.24, 2.45) is 5.92 Å². The number of ether oxygens (including phenoxy) is 5. The quantitative estimate of drug-likeness (QED) is 0.468. The number of rotatable bonds is 9. The van der Waals surface area contributed by atoms with Gasteiger partial charge in [0, 0.05) is 17.9 Å². The van der Waals surface area contributed by atoms with Crippen molar-refractivity contribution < 1.29 is 23.7 Å². The van der Waals surface area contributed by atoms with Crippen LogP contribution < -0.4 is 4.74 Å². The molecular formula is C24H28O5. The summed E-state index contributed by atoms with van der Waals surface area (Å²) in [6, 6.07) is 17.9. The number of hydrogen-bond acceptors (Lipinski definition) is 5. The lowest BCUT2D eigenvalue weighted by molar-refractivity contribution is -0.264. The van der Waals surface area contributed by atoms with Crippen LogP contribution in [0, 0.1) is 5.92 Å². The van der Waals surface area contributed by atoms with Crippen molar-refractivity contribution in [1.82, 2.24) is 0 Å². The van der Waals surface area contributed by atoms with E-state index in [1.807, 2.05) is 60.7 Å². The molecule has 2 aromatic carbocycles. The molecule has 5 heteroatoms. The van der Waals surface area contributed by atoms with E-state index < -0.39 is 6.29 Å². The molecule has 2 heterocycles. The van der Waals surface area contributed by atoms with E-state index in [1.165, 1.54) is 0 Å². The van der Waals surface area contributed by atoms with Crippen molar-refractivity contribution in [2.75, 3.05) is 20.3 Å². The molecule has 2 aromatic rings. The number of epoxide rings is 1. The van der Waals surface area contributed by atoms with E-state index in [-0.39, 0.29) is 24.2 Å². The second-order valence-electron chi connectivity index (χ2n) is 7.46. The van der Waals surface area contributed by atoms with Crippen molar-refractivity contribution in [1.29, 1.82) is 0 Å². The highest BCUT2D eigenvalue weighted by Gasteiger charge is 2.42. The molecule has 0 aromatic heterocycles. The van der Waals surface area contributed by atoms with Crippen LogP contribution in [0.5, 0.6) is 5.75 Å². The normalized spacial score (nSPS) is 27.2. The minimum absolute atomic E-state index is 0.00598. The number of benzene rings is 2. The lowest BCUT2D eigenvalue weighted by atomic mass is 9.93. The van der Waals surface area contributed by atoms with E-state index in [2.05, 4.69) is 6.58 Å². The highest BCUT2D eigenvalue weighted by atomic mass is 16.7. The molecule has 154 valence electrons. The molecule has 2 aliphatic heterocycles. The monoisotopic (exact) mass is 396 g/mol. The Kier molecular flexibility index (Phi) is 6.62. The van der Waals surface area contributed by atoms with Crippen molar-refractivity contribution in [2.45, 2.75) is 37.6 Å². The third-order valence-corrected chi connectivity index (χ3v) is 5.40. The topological polar surface area (TPSA) is 49.5 Å². The van der Waals surface area contributed by atoms with Gasteiger partial charge in [0.15, 0.2) is 6.29 Å². The first-order chi connectivity index (χ1) is 14.3. The highest BCUT2D eigenvalue weighted by molar-refractivity contribution is 5.26. The molecule has 5 atom stereocenters. The Bertz CT molecular complexity index is 772. The summed E-state index contributed by atoms with van der Waals surface area (Å²) in [5.41, 5.74) is 2.11. The van der Waals surface area contributed by atoms with Crippen LogP contribution >= 0.6 is 0 Å². The molecule has 0 bridgehead atoms. The molecule has 2 fully saturated rings. The van der Waals surface area contributed by atoms with Gasteiger partial charge in [-0.1, -0.05) is 48.5 Å². The summed E-state index contributed by atoms with van der Waals surface area (Å²) in [5.74, 6) is 1.00. The number of hydrogen-bond donors (Lipinski definition) is 0. The second-order valence-corrected chi connectivity index (χ2v) is 7.46. The van der Waals surface area contributed by atoms with Crippen LogP contribution in [-0.4, -0.2) is 38.6 Å². The largest absolute Gasteiger partial charge is 0.497 e. The molecule has 0 unspecified atom stereocenters. The van der Waals surface area contributed by atoms with E-state index in [0.717, 1.165) is 29.9 Å². The molecule has 29 heavy (non-hydrogen) atoms. The maximum atomic E-state index is 6.30. The fourth-order valence-corrected chi connectivity index (χ4v) is 3.71. The third-order valence-electron chi connectivity index (χ3n) is 5.40. The average Bonchev–Trinajstić information content (AvgIpc) is 3.60. The van der Waals surface area contributed by atoms with Gasteiger partial charge >= 0.3 is 0 Å². The van der Waals surface area contributed by atoms with Crippen LogP contribution in [0.1, 0.15) is 23.8 Å². The van der Waals surface area contributed by atoms with Crippen molar-refractivity contribution in [3.63, 3.8) is 0 Å². The highest BCUT2D eigenvalue weighted by Crippen LogP contribution is 2.37. The third kappa shape index (κ3) is 5.25. The second kappa shape index (κ2) is 9.55. The van der Waals surface area contributed by atoms with E-state index >= 15 is 0 Å². The Balaban J connectivity index is 1.39. The zero-order chi connectivity index (χ0) is 20.1. The number of methoxy groups -OCH3 is 1. The maximum absolute atomic E-state index is 6.30. The van der Waals surface area contributed by atoms with Gasteiger partial charge < -0.3 is 23.7 Å². The Morgan fingerprint density at radius 2 is 1.83 bits per heavy atom. The molecule has 5 nitrogen and oxygen atoms in total. The van der Waals surface area contributed by atoms with Gasteiger partial charge in [-0.2, -0.15) is 0 Å². The van der Waals surface area contributed by atoms with Crippen LogP contribution in [-0.2, 0) is 25.6 Å². The van der Waals surface area contributed by atoms with Gasteiger partial charge in [-0.25, -0.2) is 0 Å². The van der Waals surface area contributed by atoms with Crippen LogP contribution in [0.2, 0.25) is 0 Å². The standard InChI is InChI=1S/C24H28O5/c1-3-21(23-16-27-23)22-13-20(28-24(29-22)18-7-5-4-6-8-18)15-26-14-17-9-11-19(25-2)12-10-17/h3-12,20-24H,1,13-16H2,2H3/t20-,21+,22+,23+,24+/m0/s1. The predicted octanol–water partition coefficient (Wildman–Crippen LogP) is 4.29. The van der Waals surface area contributed by atoms with E-state index in [1.54, 1.807) is 7.11 Å². The minimum Gasteiger partial charge on any atom is -0.497 e. The molecule has 0 N–H and O–H groups in total. The van der Waals surface area contributed by atoms with Gasteiger partial charge in [0.2, 0.25) is 0 Å². The Morgan fingerprint density at radius 3 is 2.48 bits per heavy atom. The predicted molar refractivity (Wildman–Crippen MR) is 110 cm³/mol. The van der Waals surface area contributed by atoms with Crippen LogP contribution in [0.3, 0.4) is 0 Å². The summed E-state index contributed by atoms with van der Waals surface area (Å²) >= 11 is 0. The SMILES string of the molecule is C=C[C@@H]([C@H]1CO1)[C@H]1C[C@@H](COCc2ccc(OC)cc2)O[C@@H](c2ccccc2)O1. The molecule has 0 saturated carbocycles. The van der Waals surface area contributed by atoms with Crippen molar-refractivity contribution in [3.8, 4) is 5.75 Å². The Labute approximate surface area is 172 Å². The molecule has 2 saturated heterocycles. The molecular weight excluding hydrogens is 368 g/mol. The maximum Gasteiger partial charge on any atom is 0.184 e. The lowest BCUT2D eigenvalue weighted by Gasteiger charge is -2.38. The summed E-state index contributed by atoms with van der Waals surface area (Å²) in [4.78, 5) is 0. The summed E-state index contributed by atoms with van der Waals surface area (Å²) in [6.07, 6.45) is 2.43. The molecule has 0 radical (unpaired) electrons. The molecule has 0 amide bonds. The van der Waals surface area contributed by atoms with Crippen molar-refractivity contribution >= 4 is 0 Å². The summed E-state index contributed by atoms with van der Waals surface area (Å²) < 4.78 is 29.2. The Morgan fingerprint density at radius 1 is 1.07 bits per heavy atom. The Hall–Kier alpha value is -2.18. The molecule has 2 aliphatic rings. The minimum atomic E-state index is -0.411. The van der Waals surface area contributed by atoms with E-state index in [4.69, 9.17) is 23.7 Å². The average molecular weight is 396 g/mol. The van der Waals surface area contributed by atoms with E-state index in [9.17, 15) is 0 Å². The first-order valence-electron chi connectivity index (χ1n) is 10.1. The fourth-order valence-electron chi connectivity index (χ4n) is 3.71. The first kappa shape index (κ1) is 20.1. The molecule has 0 aliphatic carbocycles. The first-order valence-corrected chi connectivity index (χ1v) is 10.1. The zero-order valence-corrected chi connectivity index (χ0v) is 16.7. The van der Waals surface area contributed by atoms with Crippen LogP contribution in [0.4, 0.5) is 0 Å². The van der Waals surface area contributed by atoms with Crippen LogP contribution in [0.15, 0.2) is 67.3 Å². The lowest BCUT2D eigenvalue weighted by Crippen LogP contribution is -2.41.